The van der Waals surface area contributed by atoms with Crippen LogP contribution < -0.4 is 0 Å². The Kier molecular flexibility index (Phi) is 12.6. The fraction of sp³-hybridized carbons (Fsp3) is 0.857. The van der Waals surface area contributed by atoms with Gasteiger partial charge in [0.1, 0.15) is 6.61 Å². The van der Waals surface area contributed by atoms with E-state index in [0.717, 1.165) is 0 Å². The molecule has 0 aromatic heterocycles. The normalized spacial score (nSPS) is 14.2. The van der Waals surface area contributed by atoms with Crippen LogP contribution in [0.3, 0.4) is 0 Å². The van der Waals surface area contributed by atoms with Gasteiger partial charge in [-0.2, -0.15) is 0 Å². The van der Waals surface area contributed by atoms with Gasteiger partial charge in [-0.25, -0.2) is 0 Å². The average molecular weight is 274 g/mol. The Labute approximate surface area is 115 Å². The maximum Gasteiger partial charge on any atom is 0.305 e. The number of carbonyl (C=O) groups excluding carboxylic acids is 1. The zero-order chi connectivity index (χ0) is 14.3. The van der Waals surface area contributed by atoms with Crippen LogP contribution in [0.2, 0.25) is 0 Å². The Balaban J connectivity index is 0.000000443. The summed E-state index contributed by atoms with van der Waals surface area (Å²) in [5.41, 5.74) is 0. The molecule has 1 aliphatic carbocycles. The van der Waals surface area contributed by atoms with Gasteiger partial charge in [-0.1, -0.05) is 38.5 Å². The molecule has 0 aliphatic heterocycles. The molecule has 1 rings (SSSR count). The number of ether oxygens (including phenoxy) is 1. The number of esters is 1. The Hall–Kier alpha value is -1.10. The number of aliphatic hydroxyl groups excluding tert-OH is 1. The minimum atomic E-state index is -0.858. The molecule has 0 saturated heterocycles. The maximum absolute atomic E-state index is 10.8. The van der Waals surface area contributed by atoms with Gasteiger partial charge >= 0.3 is 11.9 Å². The van der Waals surface area contributed by atoms with Crippen molar-refractivity contribution in [2.45, 2.75) is 64.2 Å². The fourth-order valence-corrected chi connectivity index (χ4v) is 1.84. The molecular formula is C14H26O5. The molecular weight excluding hydrogens is 248 g/mol. The molecule has 1 fully saturated rings. The van der Waals surface area contributed by atoms with Crippen LogP contribution in [0.4, 0.5) is 0 Å². The molecule has 5 nitrogen and oxygen atoms in total. The first-order valence-corrected chi connectivity index (χ1v) is 7.15. The SMILES string of the molecule is C1CCCCC1.O=C(O)CCCCC(=O)OCCO. The number of hydrogen-bond donors (Lipinski definition) is 2. The molecule has 19 heavy (non-hydrogen) atoms. The molecule has 0 aromatic rings. The summed E-state index contributed by atoms with van der Waals surface area (Å²) in [7, 11) is 0. The van der Waals surface area contributed by atoms with Crippen LogP contribution in [0.15, 0.2) is 0 Å². The largest absolute Gasteiger partial charge is 0.481 e. The molecule has 0 amide bonds. The van der Waals surface area contributed by atoms with Gasteiger partial charge in [-0.3, -0.25) is 9.59 Å². The van der Waals surface area contributed by atoms with Crippen LogP contribution in [0.25, 0.3) is 0 Å². The molecule has 2 N–H and O–H groups in total. The molecule has 1 aliphatic rings. The van der Waals surface area contributed by atoms with E-state index in [2.05, 4.69) is 4.74 Å². The average Bonchev–Trinajstić information content (AvgIpc) is 2.44. The lowest BCUT2D eigenvalue weighted by atomic mass is 10.0. The summed E-state index contributed by atoms with van der Waals surface area (Å²) in [6.07, 6.45) is 10.3. The number of carboxylic acid groups (broad SMARTS) is 1. The third-order valence-electron chi connectivity index (χ3n) is 2.88. The van der Waals surface area contributed by atoms with E-state index in [1.54, 1.807) is 0 Å². The number of unbranched alkanes of at least 4 members (excludes halogenated alkanes) is 1. The van der Waals surface area contributed by atoms with Gasteiger partial charge in [0.25, 0.3) is 0 Å². The van der Waals surface area contributed by atoms with Gasteiger partial charge in [0.05, 0.1) is 6.61 Å². The zero-order valence-electron chi connectivity index (χ0n) is 11.6. The van der Waals surface area contributed by atoms with Crippen molar-refractivity contribution in [3.8, 4) is 0 Å². The molecule has 0 unspecified atom stereocenters. The molecule has 1 saturated carbocycles. The first-order chi connectivity index (χ1) is 9.16. The predicted octanol–water partition coefficient (Wildman–Crippen LogP) is 2.51. The predicted molar refractivity (Wildman–Crippen MR) is 71.9 cm³/mol. The molecule has 0 heterocycles. The first kappa shape index (κ1) is 17.9. The van der Waals surface area contributed by atoms with E-state index in [0.29, 0.717) is 12.8 Å². The quantitative estimate of drug-likeness (QED) is 0.550. The number of aliphatic carboxylic acids is 1. The monoisotopic (exact) mass is 274 g/mol. The van der Waals surface area contributed by atoms with Crippen LogP contribution in [0, 0.1) is 0 Å². The minimum Gasteiger partial charge on any atom is -0.481 e. The van der Waals surface area contributed by atoms with E-state index in [9.17, 15) is 9.59 Å². The topological polar surface area (TPSA) is 83.8 Å². The standard InChI is InChI=1S/C8H14O5.C6H12/c9-5-6-13-8(12)4-2-1-3-7(10)11;1-2-4-6-5-3-1/h9H,1-6H2,(H,10,11);1-6H2. The molecule has 0 aromatic carbocycles. The van der Waals surface area contributed by atoms with Crippen molar-refractivity contribution < 1.29 is 24.5 Å². The van der Waals surface area contributed by atoms with Crippen molar-refractivity contribution in [1.82, 2.24) is 0 Å². The lowest BCUT2D eigenvalue weighted by Crippen LogP contribution is -2.08. The number of rotatable bonds is 7. The van der Waals surface area contributed by atoms with E-state index in [4.69, 9.17) is 10.2 Å². The number of carboxylic acids is 1. The molecule has 112 valence electrons. The zero-order valence-corrected chi connectivity index (χ0v) is 11.6. The summed E-state index contributed by atoms with van der Waals surface area (Å²) in [5.74, 6) is -1.25. The Morgan fingerprint density at radius 2 is 1.37 bits per heavy atom. The van der Waals surface area contributed by atoms with E-state index >= 15 is 0 Å². The summed E-state index contributed by atoms with van der Waals surface area (Å²) >= 11 is 0. The second-order valence-electron chi connectivity index (χ2n) is 4.67. The summed E-state index contributed by atoms with van der Waals surface area (Å²) in [6.45, 7) is -0.168. The van der Waals surface area contributed by atoms with Crippen molar-refractivity contribution >= 4 is 11.9 Å². The van der Waals surface area contributed by atoms with Crippen molar-refractivity contribution in [3.63, 3.8) is 0 Å². The van der Waals surface area contributed by atoms with Crippen LogP contribution in [0.1, 0.15) is 64.2 Å². The maximum atomic E-state index is 10.8. The highest BCUT2D eigenvalue weighted by Crippen LogP contribution is 2.15. The minimum absolute atomic E-state index is 0.0117. The van der Waals surface area contributed by atoms with E-state index in [-0.39, 0.29) is 32.0 Å². The summed E-state index contributed by atoms with van der Waals surface area (Å²) in [6, 6.07) is 0. The van der Waals surface area contributed by atoms with Crippen LogP contribution in [-0.2, 0) is 14.3 Å². The Morgan fingerprint density at radius 3 is 1.79 bits per heavy atom. The van der Waals surface area contributed by atoms with E-state index < -0.39 is 5.97 Å². The van der Waals surface area contributed by atoms with Crippen LogP contribution in [0.5, 0.6) is 0 Å². The van der Waals surface area contributed by atoms with Gasteiger partial charge in [0.2, 0.25) is 0 Å². The fourth-order valence-electron chi connectivity index (χ4n) is 1.84. The second-order valence-corrected chi connectivity index (χ2v) is 4.67. The van der Waals surface area contributed by atoms with Crippen LogP contribution >= 0.6 is 0 Å². The molecule has 0 atom stereocenters. The lowest BCUT2D eigenvalue weighted by molar-refractivity contribution is -0.145. The third kappa shape index (κ3) is 14.8. The molecule has 0 spiro atoms. The highest BCUT2D eigenvalue weighted by molar-refractivity contribution is 5.69. The van der Waals surface area contributed by atoms with Gasteiger partial charge in [0.15, 0.2) is 0 Å². The molecule has 0 bridgehead atoms. The first-order valence-electron chi connectivity index (χ1n) is 7.15. The molecule has 0 radical (unpaired) electrons. The number of hydrogen-bond acceptors (Lipinski definition) is 4. The second kappa shape index (κ2) is 13.3. The van der Waals surface area contributed by atoms with E-state index in [1.165, 1.54) is 38.5 Å². The molecule has 5 heteroatoms. The van der Waals surface area contributed by atoms with Gasteiger partial charge in [-0.15, -0.1) is 0 Å². The van der Waals surface area contributed by atoms with Gasteiger partial charge in [-0.05, 0) is 12.8 Å². The smallest absolute Gasteiger partial charge is 0.305 e. The van der Waals surface area contributed by atoms with Crippen molar-refractivity contribution in [3.05, 3.63) is 0 Å². The number of aliphatic hydroxyl groups is 1. The number of carbonyl (C=O) groups is 2. The van der Waals surface area contributed by atoms with Crippen molar-refractivity contribution in [2.24, 2.45) is 0 Å². The third-order valence-corrected chi connectivity index (χ3v) is 2.88. The highest BCUT2D eigenvalue weighted by Gasteiger charge is 2.03. The van der Waals surface area contributed by atoms with Gasteiger partial charge in [0, 0.05) is 12.8 Å². The van der Waals surface area contributed by atoms with Crippen molar-refractivity contribution in [1.29, 1.82) is 0 Å². The highest BCUT2D eigenvalue weighted by atomic mass is 16.5. The summed E-state index contributed by atoms with van der Waals surface area (Å²) in [4.78, 5) is 20.8. The Bertz CT molecular complexity index is 224. The van der Waals surface area contributed by atoms with E-state index in [1.807, 2.05) is 0 Å². The van der Waals surface area contributed by atoms with Crippen molar-refractivity contribution in [2.75, 3.05) is 13.2 Å². The lowest BCUT2D eigenvalue weighted by Gasteiger charge is -2.05. The summed E-state index contributed by atoms with van der Waals surface area (Å²) < 4.78 is 4.56. The summed E-state index contributed by atoms with van der Waals surface area (Å²) in [5, 5.41) is 16.6. The Morgan fingerprint density at radius 1 is 0.895 bits per heavy atom. The van der Waals surface area contributed by atoms with Crippen LogP contribution in [-0.4, -0.2) is 35.4 Å². The van der Waals surface area contributed by atoms with Gasteiger partial charge < -0.3 is 14.9 Å².